The van der Waals surface area contributed by atoms with Crippen molar-refractivity contribution in [1.82, 2.24) is 4.72 Å². The second-order valence-electron chi connectivity index (χ2n) is 4.46. The molecule has 0 aromatic heterocycles. The fourth-order valence-corrected chi connectivity index (χ4v) is 4.06. The summed E-state index contributed by atoms with van der Waals surface area (Å²) in [5.74, 6) is 0.690. The summed E-state index contributed by atoms with van der Waals surface area (Å²) in [4.78, 5) is -0.112. The molecule has 0 spiro atoms. The predicted octanol–water partition coefficient (Wildman–Crippen LogP) is 3.87. The van der Waals surface area contributed by atoms with Gasteiger partial charge in [0.05, 0.1) is 16.7 Å². The minimum atomic E-state index is -3.80. The number of rotatable bonds is 6. The van der Waals surface area contributed by atoms with Gasteiger partial charge in [0, 0.05) is 6.54 Å². The molecular formula is C15H15Cl2NO3S. The van der Waals surface area contributed by atoms with Crippen LogP contribution < -0.4 is 9.46 Å². The number of nitrogens with one attached hydrogen (secondary N) is 1. The molecule has 0 fully saturated rings. The molecule has 0 saturated heterocycles. The van der Waals surface area contributed by atoms with E-state index in [1.54, 1.807) is 24.3 Å². The lowest BCUT2D eigenvalue weighted by Crippen LogP contribution is -2.23. The van der Waals surface area contributed by atoms with Crippen molar-refractivity contribution in [3.63, 3.8) is 0 Å². The Morgan fingerprint density at radius 3 is 2.36 bits per heavy atom. The predicted molar refractivity (Wildman–Crippen MR) is 88.1 cm³/mol. The Morgan fingerprint density at radius 2 is 1.73 bits per heavy atom. The molecule has 0 unspecified atom stereocenters. The van der Waals surface area contributed by atoms with Crippen LogP contribution in [0.2, 0.25) is 10.0 Å². The van der Waals surface area contributed by atoms with Crippen molar-refractivity contribution in [1.29, 1.82) is 0 Å². The van der Waals surface area contributed by atoms with Crippen LogP contribution in [0.4, 0.5) is 0 Å². The first kappa shape index (κ1) is 17.1. The minimum Gasteiger partial charge on any atom is -0.494 e. The Morgan fingerprint density at radius 1 is 1.09 bits per heavy atom. The van der Waals surface area contributed by atoms with Crippen LogP contribution in [0.3, 0.4) is 0 Å². The molecule has 2 aromatic rings. The highest BCUT2D eigenvalue weighted by Gasteiger charge is 2.21. The summed E-state index contributed by atoms with van der Waals surface area (Å²) in [5.41, 5.74) is 0.776. The van der Waals surface area contributed by atoms with Crippen LogP contribution in [0, 0.1) is 0 Å². The van der Waals surface area contributed by atoms with Crippen LogP contribution in [0.1, 0.15) is 12.5 Å². The number of benzene rings is 2. The largest absolute Gasteiger partial charge is 0.494 e. The van der Waals surface area contributed by atoms with E-state index in [2.05, 4.69) is 4.72 Å². The van der Waals surface area contributed by atoms with E-state index in [1.807, 2.05) is 13.0 Å². The molecule has 2 aromatic carbocycles. The van der Waals surface area contributed by atoms with Crippen LogP contribution in [0.5, 0.6) is 5.75 Å². The third kappa shape index (κ3) is 4.14. The van der Waals surface area contributed by atoms with E-state index in [1.165, 1.54) is 12.1 Å². The second-order valence-corrected chi connectivity index (χ2v) is 6.97. The summed E-state index contributed by atoms with van der Waals surface area (Å²) in [5, 5.41) is 0.172. The van der Waals surface area contributed by atoms with E-state index in [4.69, 9.17) is 27.9 Å². The maximum absolute atomic E-state index is 12.3. The molecule has 22 heavy (non-hydrogen) atoms. The molecule has 0 atom stereocenters. The van der Waals surface area contributed by atoms with Crippen molar-refractivity contribution < 1.29 is 13.2 Å². The van der Waals surface area contributed by atoms with E-state index < -0.39 is 10.0 Å². The van der Waals surface area contributed by atoms with Crippen molar-refractivity contribution in [3.8, 4) is 5.75 Å². The average molecular weight is 360 g/mol. The van der Waals surface area contributed by atoms with Gasteiger partial charge in [-0.15, -0.1) is 0 Å². The van der Waals surface area contributed by atoms with E-state index in [0.717, 1.165) is 5.56 Å². The van der Waals surface area contributed by atoms with Gasteiger partial charge < -0.3 is 4.74 Å². The fraction of sp³-hybridized carbons (Fsp3) is 0.200. The zero-order chi connectivity index (χ0) is 16.2. The number of hydrogen-bond acceptors (Lipinski definition) is 3. The Kier molecular flexibility index (Phi) is 5.69. The first-order valence-electron chi connectivity index (χ1n) is 6.59. The zero-order valence-electron chi connectivity index (χ0n) is 11.8. The van der Waals surface area contributed by atoms with Crippen LogP contribution in [-0.4, -0.2) is 15.0 Å². The van der Waals surface area contributed by atoms with Crippen molar-refractivity contribution >= 4 is 33.2 Å². The highest BCUT2D eigenvalue weighted by atomic mass is 35.5. The number of sulfonamides is 1. The molecule has 0 bridgehead atoms. The van der Waals surface area contributed by atoms with Gasteiger partial charge in [-0.3, -0.25) is 0 Å². The lowest BCUT2D eigenvalue weighted by molar-refractivity contribution is 0.340. The van der Waals surface area contributed by atoms with E-state index in [9.17, 15) is 8.42 Å². The first-order chi connectivity index (χ1) is 10.4. The van der Waals surface area contributed by atoms with E-state index in [-0.39, 0.29) is 21.5 Å². The SMILES string of the molecule is CCOc1cccc(CNS(=O)(=O)c2c(Cl)cccc2Cl)c1. The second kappa shape index (κ2) is 7.33. The molecule has 0 amide bonds. The molecule has 0 radical (unpaired) electrons. The Bertz CT molecular complexity index is 743. The highest BCUT2D eigenvalue weighted by molar-refractivity contribution is 7.89. The Balaban J connectivity index is 2.18. The Hall–Kier alpha value is -1.27. The van der Waals surface area contributed by atoms with Gasteiger partial charge in [-0.05, 0) is 36.8 Å². The third-order valence-corrected chi connectivity index (χ3v) is 5.22. The fourth-order valence-electron chi connectivity index (χ4n) is 1.90. The summed E-state index contributed by atoms with van der Waals surface area (Å²) < 4.78 is 32.6. The molecule has 0 saturated carbocycles. The quantitative estimate of drug-likeness (QED) is 0.851. The molecule has 2 rings (SSSR count). The summed E-state index contributed by atoms with van der Waals surface area (Å²) in [7, 11) is -3.80. The standard InChI is InChI=1S/C15H15Cl2NO3S/c1-2-21-12-6-3-5-11(9-12)10-18-22(19,20)15-13(16)7-4-8-14(15)17/h3-9,18H,2,10H2,1H3. The van der Waals surface area contributed by atoms with Gasteiger partial charge in [0.2, 0.25) is 10.0 Å². The van der Waals surface area contributed by atoms with Gasteiger partial charge in [0.1, 0.15) is 10.6 Å². The molecule has 0 heterocycles. The smallest absolute Gasteiger partial charge is 0.243 e. The van der Waals surface area contributed by atoms with Gasteiger partial charge in [0.25, 0.3) is 0 Å². The molecule has 4 nitrogen and oxygen atoms in total. The van der Waals surface area contributed by atoms with Gasteiger partial charge in [-0.25, -0.2) is 13.1 Å². The summed E-state index contributed by atoms with van der Waals surface area (Å²) >= 11 is 11.9. The third-order valence-electron chi connectivity index (χ3n) is 2.86. The topological polar surface area (TPSA) is 55.4 Å². The number of halogens is 2. The highest BCUT2D eigenvalue weighted by Crippen LogP contribution is 2.28. The van der Waals surface area contributed by atoms with Crippen molar-refractivity contribution in [2.24, 2.45) is 0 Å². The lowest BCUT2D eigenvalue weighted by atomic mass is 10.2. The average Bonchev–Trinajstić information content (AvgIpc) is 2.46. The molecule has 118 valence electrons. The summed E-state index contributed by atoms with van der Waals surface area (Å²) in [6, 6.07) is 11.8. The zero-order valence-corrected chi connectivity index (χ0v) is 14.2. The van der Waals surface area contributed by atoms with Crippen molar-refractivity contribution in [2.45, 2.75) is 18.4 Å². The van der Waals surface area contributed by atoms with Crippen LogP contribution >= 0.6 is 23.2 Å². The van der Waals surface area contributed by atoms with Gasteiger partial charge in [-0.1, -0.05) is 41.4 Å². The summed E-state index contributed by atoms with van der Waals surface area (Å²) in [6.07, 6.45) is 0. The number of ether oxygens (including phenoxy) is 1. The normalized spacial score (nSPS) is 11.4. The minimum absolute atomic E-state index is 0.0862. The van der Waals surface area contributed by atoms with Crippen molar-refractivity contribution in [3.05, 3.63) is 58.1 Å². The maximum atomic E-state index is 12.3. The van der Waals surface area contributed by atoms with Crippen LogP contribution in [0.25, 0.3) is 0 Å². The van der Waals surface area contributed by atoms with Gasteiger partial charge >= 0.3 is 0 Å². The molecule has 0 aliphatic rings. The molecule has 7 heteroatoms. The first-order valence-corrected chi connectivity index (χ1v) is 8.83. The van der Waals surface area contributed by atoms with Crippen molar-refractivity contribution in [2.75, 3.05) is 6.61 Å². The van der Waals surface area contributed by atoms with E-state index in [0.29, 0.717) is 12.4 Å². The summed E-state index contributed by atoms with van der Waals surface area (Å²) in [6.45, 7) is 2.55. The molecule has 0 aliphatic heterocycles. The van der Waals surface area contributed by atoms with Gasteiger partial charge in [-0.2, -0.15) is 0 Å². The van der Waals surface area contributed by atoms with Crippen LogP contribution in [0.15, 0.2) is 47.4 Å². The molecule has 0 aliphatic carbocycles. The number of hydrogen-bond donors (Lipinski definition) is 1. The molecule has 1 N–H and O–H groups in total. The molecular weight excluding hydrogens is 345 g/mol. The lowest BCUT2D eigenvalue weighted by Gasteiger charge is -2.11. The Labute approximate surface area is 140 Å². The van der Waals surface area contributed by atoms with Crippen LogP contribution in [-0.2, 0) is 16.6 Å². The van der Waals surface area contributed by atoms with E-state index >= 15 is 0 Å². The monoisotopic (exact) mass is 359 g/mol. The van der Waals surface area contributed by atoms with Gasteiger partial charge in [0.15, 0.2) is 0 Å². The maximum Gasteiger partial charge on any atom is 0.243 e.